The Morgan fingerprint density at radius 3 is 2.71 bits per heavy atom. The largest absolute Gasteiger partial charge is 0.493 e. The van der Waals surface area contributed by atoms with E-state index in [1.54, 1.807) is 26.5 Å². The lowest BCUT2D eigenvalue weighted by Gasteiger charge is -2.39. The summed E-state index contributed by atoms with van der Waals surface area (Å²) < 4.78 is 11.4. The van der Waals surface area contributed by atoms with Crippen LogP contribution in [0.1, 0.15) is 40.8 Å². The summed E-state index contributed by atoms with van der Waals surface area (Å²) in [4.78, 5) is 22.1. The van der Waals surface area contributed by atoms with E-state index in [2.05, 4.69) is 40.0 Å². The molecule has 0 amide bonds. The highest BCUT2D eigenvalue weighted by Gasteiger charge is 2.28. The highest BCUT2D eigenvalue weighted by Crippen LogP contribution is 2.42. The van der Waals surface area contributed by atoms with Crippen LogP contribution < -0.4 is 20.9 Å². The molecular formula is C26H29N5O3. The Labute approximate surface area is 199 Å². The smallest absolute Gasteiger partial charge is 0.221 e. The van der Waals surface area contributed by atoms with Gasteiger partial charge in [0, 0.05) is 36.4 Å². The third kappa shape index (κ3) is 4.39. The van der Waals surface area contributed by atoms with Crippen LogP contribution in [-0.4, -0.2) is 41.9 Å². The third-order valence-corrected chi connectivity index (χ3v) is 6.26. The molecule has 0 aliphatic carbocycles. The van der Waals surface area contributed by atoms with Gasteiger partial charge in [-0.15, -0.1) is 0 Å². The first-order valence-electron chi connectivity index (χ1n) is 11.1. The number of aromatic nitrogens is 2. The maximum atomic E-state index is 11.8. The van der Waals surface area contributed by atoms with E-state index in [4.69, 9.17) is 20.9 Å². The molecule has 8 nitrogen and oxygen atoms in total. The second-order valence-corrected chi connectivity index (χ2v) is 8.20. The number of hydrogen-bond acceptors (Lipinski definition) is 8. The molecular weight excluding hydrogens is 430 g/mol. The number of aldehydes is 1. The zero-order chi connectivity index (χ0) is 24.2. The molecule has 176 valence electrons. The summed E-state index contributed by atoms with van der Waals surface area (Å²) in [5.74, 6) is 1.58. The number of carbonyl (C=O) groups excluding carboxylic acids is 1. The number of nitrogens with two attached hydrogens (primary N) is 2. The quantitative estimate of drug-likeness (QED) is 0.408. The molecule has 34 heavy (non-hydrogen) atoms. The van der Waals surface area contributed by atoms with Gasteiger partial charge in [0.2, 0.25) is 5.95 Å². The number of anilines is 2. The molecule has 4 N–H and O–H groups in total. The van der Waals surface area contributed by atoms with Gasteiger partial charge in [0.1, 0.15) is 12.1 Å². The Morgan fingerprint density at radius 2 is 2.00 bits per heavy atom. The van der Waals surface area contributed by atoms with E-state index in [1.165, 1.54) is 11.1 Å². The number of hydrogen-bond donors (Lipinski definition) is 2. The lowest BCUT2D eigenvalue weighted by atomic mass is 9.91. The number of benzene rings is 2. The van der Waals surface area contributed by atoms with Gasteiger partial charge in [-0.1, -0.05) is 24.3 Å². The minimum atomic E-state index is 0.0802. The van der Waals surface area contributed by atoms with E-state index >= 15 is 0 Å². The van der Waals surface area contributed by atoms with Crippen LogP contribution in [0.2, 0.25) is 0 Å². The number of ether oxygens (including phenoxy) is 2. The molecule has 1 aromatic heterocycles. The highest BCUT2D eigenvalue weighted by molar-refractivity contribution is 5.84. The maximum Gasteiger partial charge on any atom is 0.221 e. The Kier molecular flexibility index (Phi) is 6.67. The number of nitrogens with zero attached hydrogens (tertiary/aromatic N) is 3. The number of nitrogen functional groups attached to an aromatic ring is 2. The van der Waals surface area contributed by atoms with E-state index in [9.17, 15) is 4.79 Å². The van der Waals surface area contributed by atoms with Crippen LogP contribution in [0.15, 0.2) is 48.7 Å². The van der Waals surface area contributed by atoms with E-state index in [-0.39, 0.29) is 12.0 Å². The van der Waals surface area contributed by atoms with E-state index < -0.39 is 0 Å². The fourth-order valence-corrected chi connectivity index (χ4v) is 4.61. The van der Waals surface area contributed by atoms with Crippen molar-refractivity contribution in [1.29, 1.82) is 0 Å². The average molecular weight is 460 g/mol. The molecule has 1 aliphatic rings. The minimum absolute atomic E-state index is 0.0802. The van der Waals surface area contributed by atoms with Gasteiger partial charge in [0.25, 0.3) is 0 Å². The van der Waals surface area contributed by atoms with Gasteiger partial charge in [0.05, 0.1) is 26.0 Å². The molecule has 1 atom stereocenters. The van der Waals surface area contributed by atoms with Crippen LogP contribution in [0.5, 0.6) is 11.5 Å². The monoisotopic (exact) mass is 459 g/mol. The van der Waals surface area contributed by atoms with Gasteiger partial charge in [-0.05, 0) is 42.2 Å². The predicted octanol–water partition coefficient (Wildman–Crippen LogP) is 3.41. The Balaban J connectivity index is 1.81. The lowest BCUT2D eigenvalue weighted by molar-refractivity contribution is -0.104. The summed E-state index contributed by atoms with van der Waals surface area (Å²) in [6.07, 6.45) is 5.38. The number of allylic oxidation sites excluding steroid dienone is 1. The van der Waals surface area contributed by atoms with E-state index in [0.717, 1.165) is 41.6 Å². The van der Waals surface area contributed by atoms with Crippen molar-refractivity contribution in [3.63, 3.8) is 0 Å². The fourth-order valence-electron chi connectivity index (χ4n) is 4.61. The second kappa shape index (κ2) is 9.82. The number of fused-ring (bicyclic) bond motifs is 1. The molecule has 8 heteroatoms. The topological polar surface area (TPSA) is 117 Å². The average Bonchev–Trinajstić information content (AvgIpc) is 2.84. The molecule has 1 unspecified atom stereocenters. The molecule has 0 spiro atoms. The molecule has 2 heterocycles. The predicted molar refractivity (Wildman–Crippen MR) is 133 cm³/mol. The first-order chi connectivity index (χ1) is 16.5. The van der Waals surface area contributed by atoms with Gasteiger partial charge < -0.3 is 25.8 Å². The summed E-state index contributed by atoms with van der Waals surface area (Å²) in [5, 5.41) is 0. The fraction of sp³-hybridized carbons (Fsp3) is 0.269. The van der Waals surface area contributed by atoms with Gasteiger partial charge in [-0.25, -0.2) is 4.98 Å². The number of rotatable bonds is 7. The van der Waals surface area contributed by atoms with Crippen LogP contribution in [0.25, 0.3) is 5.70 Å². The molecule has 0 saturated carbocycles. The SMILES string of the molecule is COc1cc(Cc2cnc(N)nc2N)cc(C(=CC=O)N2CCc3ccccc3C2C)c1OC. The first kappa shape index (κ1) is 23.1. The van der Waals surface area contributed by atoms with Crippen molar-refractivity contribution in [1.82, 2.24) is 14.9 Å². The summed E-state index contributed by atoms with van der Waals surface area (Å²) in [5.41, 5.74) is 17.5. The van der Waals surface area contributed by atoms with Gasteiger partial charge in [-0.2, -0.15) is 4.98 Å². The lowest BCUT2D eigenvalue weighted by Crippen LogP contribution is -2.33. The van der Waals surface area contributed by atoms with Crippen molar-refractivity contribution < 1.29 is 14.3 Å². The Bertz CT molecular complexity index is 1240. The molecule has 3 aromatic rings. The van der Waals surface area contributed by atoms with Gasteiger partial charge >= 0.3 is 0 Å². The van der Waals surface area contributed by atoms with Crippen molar-refractivity contribution in [3.05, 3.63) is 76.5 Å². The highest BCUT2D eigenvalue weighted by atomic mass is 16.5. The van der Waals surface area contributed by atoms with Crippen LogP contribution in [0.3, 0.4) is 0 Å². The maximum absolute atomic E-state index is 11.8. The molecule has 0 bridgehead atoms. The zero-order valence-electron chi connectivity index (χ0n) is 19.6. The molecule has 0 fully saturated rings. The summed E-state index contributed by atoms with van der Waals surface area (Å²) >= 11 is 0. The second-order valence-electron chi connectivity index (χ2n) is 8.20. The Hall–Kier alpha value is -4.07. The van der Waals surface area contributed by atoms with Crippen LogP contribution >= 0.6 is 0 Å². The first-order valence-corrected chi connectivity index (χ1v) is 11.1. The van der Waals surface area contributed by atoms with E-state index in [0.29, 0.717) is 23.7 Å². The standard InChI is InChI=1S/C26H29N5O3/c1-16-20-7-5-4-6-18(20)8-10-31(16)22(9-11-32)21-13-17(14-23(33-2)24(21)34-3)12-19-15-29-26(28)30-25(19)27/h4-7,9,11,13-16H,8,10,12H2,1-3H3,(H4,27,28,29,30). The van der Waals surface area contributed by atoms with Crippen molar-refractivity contribution in [3.8, 4) is 11.5 Å². The molecule has 0 saturated heterocycles. The third-order valence-electron chi connectivity index (χ3n) is 6.26. The van der Waals surface area contributed by atoms with Crippen molar-refractivity contribution >= 4 is 23.7 Å². The van der Waals surface area contributed by atoms with Crippen molar-refractivity contribution in [2.45, 2.75) is 25.8 Å². The zero-order valence-corrected chi connectivity index (χ0v) is 19.6. The van der Waals surface area contributed by atoms with Crippen LogP contribution in [-0.2, 0) is 17.6 Å². The summed E-state index contributed by atoms with van der Waals surface area (Å²) in [6, 6.07) is 12.4. The number of carbonyl (C=O) groups is 1. The van der Waals surface area contributed by atoms with Crippen molar-refractivity contribution in [2.75, 3.05) is 32.2 Å². The summed E-state index contributed by atoms with van der Waals surface area (Å²) in [6.45, 7) is 2.92. The minimum Gasteiger partial charge on any atom is -0.493 e. The molecule has 1 aliphatic heterocycles. The number of methoxy groups -OCH3 is 2. The van der Waals surface area contributed by atoms with Crippen molar-refractivity contribution in [2.24, 2.45) is 0 Å². The normalized spacial score (nSPS) is 15.6. The van der Waals surface area contributed by atoms with Gasteiger partial charge in [0.15, 0.2) is 11.5 Å². The molecule has 2 aromatic carbocycles. The van der Waals surface area contributed by atoms with Crippen LogP contribution in [0.4, 0.5) is 11.8 Å². The summed E-state index contributed by atoms with van der Waals surface area (Å²) in [7, 11) is 3.19. The molecule has 4 rings (SSSR count). The molecule has 0 radical (unpaired) electrons. The van der Waals surface area contributed by atoms with E-state index in [1.807, 2.05) is 18.2 Å². The van der Waals surface area contributed by atoms with Crippen LogP contribution in [0, 0.1) is 0 Å². The Morgan fingerprint density at radius 1 is 1.21 bits per heavy atom. The van der Waals surface area contributed by atoms with Gasteiger partial charge in [-0.3, -0.25) is 4.79 Å².